The van der Waals surface area contributed by atoms with Gasteiger partial charge in [-0.3, -0.25) is 14.6 Å². The van der Waals surface area contributed by atoms with Gasteiger partial charge in [-0.25, -0.2) is 4.39 Å². The molecule has 0 bridgehead atoms. The van der Waals surface area contributed by atoms with E-state index >= 15 is 0 Å². The van der Waals surface area contributed by atoms with E-state index in [1.807, 2.05) is 6.07 Å². The quantitative estimate of drug-likeness (QED) is 0.602. The molecule has 1 N–H and O–H groups in total. The largest absolute Gasteiger partial charge is 0.340 e. The summed E-state index contributed by atoms with van der Waals surface area (Å²) in [5.74, 6) is -0.886. The summed E-state index contributed by atoms with van der Waals surface area (Å²) >= 11 is 12.0. The average Bonchev–Trinajstić information content (AvgIpc) is 3.10. The standard InChI is InChI=1S/C23H18Cl2FN3O2/c24-18-6-4-14(10-19(18)25)13-29-9-8-21(23(29)31)28-22(30)16-5-7-20(27-12-16)15-2-1-3-17(26)11-15/h1-7,10-12,21H,8-9,13H2,(H,28,30). The van der Waals surface area contributed by atoms with Crippen LogP contribution in [0.1, 0.15) is 22.3 Å². The van der Waals surface area contributed by atoms with E-state index in [1.165, 1.54) is 18.3 Å². The number of aromatic nitrogens is 1. The van der Waals surface area contributed by atoms with Crippen molar-refractivity contribution in [2.24, 2.45) is 0 Å². The van der Waals surface area contributed by atoms with Gasteiger partial charge < -0.3 is 10.2 Å². The smallest absolute Gasteiger partial charge is 0.253 e. The normalized spacial score (nSPS) is 15.9. The Morgan fingerprint density at radius 2 is 1.97 bits per heavy atom. The number of halogens is 3. The SMILES string of the molecule is O=C(NC1CCN(Cc2ccc(Cl)c(Cl)c2)C1=O)c1ccc(-c2cccc(F)c2)nc1. The van der Waals surface area contributed by atoms with Gasteiger partial charge in [-0.15, -0.1) is 0 Å². The molecule has 1 saturated heterocycles. The minimum absolute atomic E-state index is 0.149. The Kier molecular flexibility index (Phi) is 6.20. The molecule has 1 unspecified atom stereocenters. The van der Waals surface area contributed by atoms with Gasteiger partial charge in [-0.1, -0.05) is 41.4 Å². The van der Waals surface area contributed by atoms with Gasteiger partial charge in [-0.2, -0.15) is 0 Å². The highest BCUT2D eigenvalue weighted by Crippen LogP contribution is 2.24. The number of carbonyl (C=O) groups is 2. The fraction of sp³-hybridized carbons (Fsp3) is 0.174. The number of rotatable bonds is 5. The zero-order chi connectivity index (χ0) is 22.0. The first-order valence-electron chi connectivity index (χ1n) is 9.66. The number of nitrogens with one attached hydrogen (secondary N) is 1. The first kappa shape index (κ1) is 21.3. The van der Waals surface area contributed by atoms with Crippen LogP contribution in [-0.2, 0) is 11.3 Å². The lowest BCUT2D eigenvalue weighted by Crippen LogP contribution is -2.41. The van der Waals surface area contributed by atoms with Gasteiger partial charge in [0, 0.05) is 24.8 Å². The highest BCUT2D eigenvalue weighted by molar-refractivity contribution is 6.42. The second-order valence-electron chi connectivity index (χ2n) is 7.27. The zero-order valence-electron chi connectivity index (χ0n) is 16.3. The Morgan fingerprint density at radius 3 is 2.68 bits per heavy atom. The van der Waals surface area contributed by atoms with E-state index in [1.54, 1.807) is 41.3 Å². The number of benzene rings is 2. The van der Waals surface area contributed by atoms with Crippen LogP contribution < -0.4 is 5.32 Å². The molecule has 1 aromatic heterocycles. The summed E-state index contributed by atoms with van der Waals surface area (Å²) < 4.78 is 13.4. The van der Waals surface area contributed by atoms with E-state index in [0.29, 0.717) is 46.4 Å². The third-order valence-corrected chi connectivity index (χ3v) is 5.85. The van der Waals surface area contributed by atoms with E-state index in [2.05, 4.69) is 10.3 Å². The third-order valence-electron chi connectivity index (χ3n) is 5.11. The summed E-state index contributed by atoms with van der Waals surface area (Å²) in [6, 6.07) is 14.0. The summed E-state index contributed by atoms with van der Waals surface area (Å²) in [4.78, 5) is 31.2. The predicted octanol–water partition coefficient (Wildman–Crippen LogP) is 4.73. The first-order valence-corrected chi connectivity index (χ1v) is 10.4. The van der Waals surface area contributed by atoms with Crippen LogP contribution in [0.15, 0.2) is 60.8 Å². The van der Waals surface area contributed by atoms with Crippen molar-refractivity contribution in [1.82, 2.24) is 15.2 Å². The molecule has 5 nitrogen and oxygen atoms in total. The maximum Gasteiger partial charge on any atom is 0.253 e. The van der Waals surface area contributed by atoms with E-state index in [-0.39, 0.29) is 17.6 Å². The Morgan fingerprint density at radius 1 is 1.13 bits per heavy atom. The van der Waals surface area contributed by atoms with Crippen LogP contribution in [0.3, 0.4) is 0 Å². The van der Waals surface area contributed by atoms with Crippen molar-refractivity contribution in [2.75, 3.05) is 6.54 Å². The molecule has 0 radical (unpaired) electrons. The molecule has 2 aromatic carbocycles. The monoisotopic (exact) mass is 457 g/mol. The summed E-state index contributed by atoms with van der Waals surface area (Å²) in [6.45, 7) is 0.923. The van der Waals surface area contributed by atoms with Gasteiger partial charge in [0.2, 0.25) is 5.91 Å². The maximum absolute atomic E-state index is 13.4. The third kappa shape index (κ3) is 4.86. The van der Waals surface area contributed by atoms with Gasteiger partial charge in [-0.05, 0) is 48.4 Å². The second-order valence-corrected chi connectivity index (χ2v) is 8.08. The molecule has 1 aliphatic rings. The summed E-state index contributed by atoms with van der Waals surface area (Å²) in [6.07, 6.45) is 1.93. The van der Waals surface area contributed by atoms with Crippen molar-refractivity contribution in [3.8, 4) is 11.3 Å². The number of nitrogens with zero attached hydrogens (tertiary/aromatic N) is 2. The molecule has 1 aliphatic heterocycles. The molecule has 31 heavy (non-hydrogen) atoms. The number of hydrogen-bond donors (Lipinski definition) is 1. The molecule has 1 atom stereocenters. The molecule has 158 valence electrons. The maximum atomic E-state index is 13.4. The minimum atomic E-state index is -0.599. The Bertz CT molecular complexity index is 1140. The van der Waals surface area contributed by atoms with E-state index < -0.39 is 6.04 Å². The Balaban J connectivity index is 1.38. The first-order chi connectivity index (χ1) is 14.9. The second kappa shape index (κ2) is 9.04. The van der Waals surface area contributed by atoms with Crippen LogP contribution in [0.5, 0.6) is 0 Å². The number of hydrogen-bond acceptors (Lipinski definition) is 3. The van der Waals surface area contributed by atoms with Crippen molar-refractivity contribution in [3.05, 3.63) is 87.8 Å². The van der Waals surface area contributed by atoms with Crippen LogP contribution in [0.2, 0.25) is 10.0 Å². The number of amides is 2. The molecule has 2 amide bonds. The van der Waals surface area contributed by atoms with Gasteiger partial charge >= 0.3 is 0 Å². The molecule has 0 saturated carbocycles. The molecular weight excluding hydrogens is 440 g/mol. The molecule has 3 aromatic rings. The lowest BCUT2D eigenvalue weighted by molar-refractivity contribution is -0.129. The minimum Gasteiger partial charge on any atom is -0.340 e. The average molecular weight is 458 g/mol. The van der Waals surface area contributed by atoms with Gasteiger partial charge in [0.15, 0.2) is 0 Å². The highest BCUT2D eigenvalue weighted by Gasteiger charge is 2.33. The molecule has 2 heterocycles. The van der Waals surface area contributed by atoms with Crippen LogP contribution in [0.4, 0.5) is 4.39 Å². The molecule has 0 spiro atoms. The molecular formula is C23H18Cl2FN3O2. The summed E-state index contributed by atoms with van der Waals surface area (Å²) in [5.41, 5.74) is 2.37. The Labute approximate surface area is 188 Å². The van der Waals surface area contributed by atoms with Crippen molar-refractivity contribution in [3.63, 3.8) is 0 Å². The van der Waals surface area contributed by atoms with Crippen LogP contribution in [0.25, 0.3) is 11.3 Å². The molecule has 1 fully saturated rings. The van der Waals surface area contributed by atoms with E-state index in [9.17, 15) is 14.0 Å². The van der Waals surface area contributed by atoms with Crippen LogP contribution in [0, 0.1) is 5.82 Å². The molecule has 4 rings (SSSR count). The fourth-order valence-corrected chi connectivity index (χ4v) is 3.80. The fourth-order valence-electron chi connectivity index (χ4n) is 3.48. The van der Waals surface area contributed by atoms with Gasteiger partial charge in [0.05, 0.1) is 21.3 Å². The lowest BCUT2D eigenvalue weighted by Gasteiger charge is -2.17. The van der Waals surface area contributed by atoms with Crippen molar-refractivity contribution < 1.29 is 14.0 Å². The molecule has 0 aliphatic carbocycles. The van der Waals surface area contributed by atoms with Crippen LogP contribution in [-0.4, -0.2) is 34.3 Å². The van der Waals surface area contributed by atoms with E-state index in [4.69, 9.17) is 23.2 Å². The number of pyridine rings is 1. The Hall–Kier alpha value is -2.96. The summed E-state index contributed by atoms with van der Waals surface area (Å²) in [7, 11) is 0. The predicted molar refractivity (Wildman–Crippen MR) is 117 cm³/mol. The van der Waals surface area contributed by atoms with Crippen LogP contribution >= 0.6 is 23.2 Å². The van der Waals surface area contributed by atoms with Crippen molar-refractivity contribution in [2.45, 2.75) is 19.0 Å². The summed E-state index contributed by atoms with van der Waals surface area (Å²) in [5, 5.41) is 3.67. The van der Waals surface area contributed by atoms with Crippen molar-refractivity contribution in [1.29, 1.82) is 0 Å². The zero-order valence-corrected chi connectivity index (χ0v) is 17.8. The van der Waals surface area contributed by atoms with E-state index in [0.717, 1.165) is 5.56 Å². The van der Waals surface area contributed by atoms with Gasteiger partial charge in [0.1, 0.15) is 11.9 Å². The number of likely N-dealkylation sites (tertiary alicyclic amines) is 1. The van der Waals surface area contributed by atoms with Crippen molar-refractivity contribution >= 4 is 35.0 Å². The topological polar surface area (TPSA) is 62.3 Å². The van der Waals surface area contributed by atoms with Gasteiger partial charge in [0.25, 0.3) is 5.91 Å². The lowest BCUT2D eigenvalue weighted by atomic mass is 10.1. The highest BCUT2D eigenvalue weighted by atomic mass is 35.5. The number of carbonyl (C=O) groups excluding carboxylic acids is 2. The molecule has 8 heteroatoms.